The summed E-state index contributed by atoms with van der Waals surface area (Å²) in [6.45, 7) is 6.89. The molecule has 112 valence electrons. The molecule has 1 atom stereocenters. The molecule has 0 saturated carbocycles. The van der Waals surface area contributed by atoms with Crippen LogP contribution in [0, 0.1) is 5.92 Å². The molecule has 0 aliphatic rings. The fourth-order valence-corrected chi connectivity index (χ4v) is 2.51. The maximum absolute atomic E-state index is 12.5. The van der Waals surface area contributed by atoms with Gasteiger partial charge in [0, 0.05) is 6.54 Å². The molecular formula is C17H27NO2. The highest BCUT2D eigenvalue weighted by atomic mass is 16.5. The van der Waals surface area contributed by atoms with E-state index in [0.29, 0.717) is 12.5 Å². The minimum Gasteiger partial charge on any atom is -0.465 e. The van der Waals surface area contributed by atoms with E-state index in [0.717, 1.165) is 24.8 Å². The van der Waals surface area contributed by atoms with Crippen LogP contribution in [0.3, 0.4) is 0 Å². The Morgan fingerprint density at radius 3 is 2.45 bits per heavy atom. The van der Waals surface area contributed by atoms with Gasteiger partial charge in [0.25, 0.3) is 0 Å². The number of hydrogen-bond acceptors (Lipinski definition) is 3. The minimum absolute atomic E-state index is 0.197. The summed E-state index contributed by atoms with van der Waals surface area (Å²) in [4.78, 5) is 12.5. The minimum atomic E-state index is -0.702. The van der Waals surface area contributed by atoms with Gasteiger partial charge in [0.15, 0.2) is 0 Å². The second kappa shape index (κ2) is 8.05. The number of ether oxygens (including phenoxy) is 1. The normalized spacial score (nSPS) is 14.1. The van der Waals surface area contributed by atoms with Gasteiger partial charge in [-0.05, 0) is 24.8 Å². The Hall–Kier alpha value is -1.35. The van der Waals surface area contributed by atoms with Crippen molar-refractivity contribution in [2.75, 3.05) is 13.2 Å². The maximum atomic E-state index is 12.5. The van der Waals surface area contributed by atoms with Gasteiger partial charge in [-0.25, -0.2) is 0 Å². The van der Waals surface area contributed by atoms with Gasteiger partial charge < -0.3 is 10.5 Å². The van der Waals surface area contributed by atoms with Crippen LogP contribution in [0.2, 0.25) is 0 Å². The van der Waals surface area contributed by atoms with Gasteiger partial charge in [0.05, 0.1) is 6.61 Å². The van der Waals surface area contributed by atoms with Gasteiger partial charge in [-0.1, -0.05) is 57.0 Å². The molecule has 0 bridgehead atoms. The van der Waals surface area contributed by atoms with Gasteiger partial charge in [-0.3, -0.25) is 4.79 Å². The standard InChI is InChI=1S/C17H27NO2/c1-4-20-16(19)17(13-18,12-8-9-14(2)3)15-10-6-5-7-11-15/h5-7,10-11,14H,4,8-9,12-13,18H2,1-3H3. The first-order valence-electron chi connectivity index (χ1n) is 7.49. The van der Waals surface area contributed by atoms with Crippen molar-refractivity contribution >= 4 is 5.97 Å². The second-order valence-corrected chi connectivity index (χ2v) is 5.66. The van der Waals surface area contributed by atoms with E-state index in [4.69, 9.17) is 10.5 Å². The summed E-state index contributed by atoms with van der Waals surface area (Å²) in [5.74, 6) is 0.431. The molecule has 0 aliphatic carbocycles. The lowest BCUT2D eigenvalue weighted by Crippen LogP contribution is -2.44. The average Bonchev–Trinajstić information content (AvgIpc) is 2.44. The summed E-state index contributed by atoms with van der Waals surface area (Å²) in [7, 11) is 0. The number of esters is 1. The van der Waals surface area contributed by atoms with Crippen molar-refractivity contribution in [2.24, 2.45) is 11.7 Å². The van der Waals surface area contributed by atoms with E-state index in [1.807, 2.05) is 37.3 Å². The molecule has 3 nitrogen and oxygen atoms in total. The SMILES string of the molecule is CCOC(=O)C(CN)(CCCC(C)C)c1ccccc1. The third kappa shape index (κ3) is 4.07. The van der Waals surface area contributed by atoms with Crippen LogP contribution in [0.15, 0.2) is 30.3 Å². The zero-order valence-corrected chi connectivity index (χ0v) is 12.9. The summed E-state index contributed by atoms with van der Waals surface area (Å²) in [6, 6.07) is 9.78. The summed E-state index contributed by atoms with van der Waals surface area (Å²) >= 11 is 0. The first-order valence-corrected chi connectivity index (χ1v) is 7.49. The van der Waals surface area contributed by atoms with Crippen LogP contribution < -0.4 is 5.73 Å². The Kier molecular flexibility index (Phi) is 6.73. The highest BCUT2D eigenvalue weighted by Gasteiger charge is 2.39. The number of benzene rings is 1. The average molecular weight is 277 g/mol. The number of carbonyl (C=O) groups excluding carboxylic acids is 1. The fraction of sp³-hybridized carbons (Fsp3) is 0.588. The molecule has 0 fully saturated rings. The largest absolute Gasteiger partial charge is 0.465 e. The summed E-state index contributed by atoms with van der Waals surface area (Å²) < 4.78 is 5.29. The van der Waals surface area contributed by atoms with Crippen LogP contribution in [0.25, 0.3) is 0 Å². The van der Waals surface area contributed by atoms with Crippen LogP contribution in [-0.2, 0) is 14.9 Å². The molecule has 0 saturated heterocycles. The predicted molar refractivity (Wildman–Crippen MR) is 82.5 cm³/mol. The van der Waals surface area contributed by atoms with E-state index in [9.17, 15) is 4.79 Å². The van der Waals surface area contributed by atoms with E-state index in [1.54, 1.807) is 0 Å². The molecule has 0 amide bonds. The van der Waals surface area contributed by atoms with Crippen molar-refractivity contribution in [3.05, 3.63) is 35.9 Å². The third-order valence-electron chi connectivity index (χ3n) is 3.73. The smallest absolute Gasteiger partial charge is 0.317 e. The molecule has 1 rings (SSSR count). The molecule has 0 spiro atoms. The van der Waals surface area contributed by atoms with Crippen molar-refractivity contribution in [3.8, 4) is 0 Å². The van der Waals surface area contributed by atoms with E-state index in [-0.39, 0.29) is 12.5 Å². The number of carbonyl (C=O) groups is 1. The van der Waals surface area contributed by atoms with E-state index < -0.39 is 5.41 Å². The summed E-state index contributed by atoms with van der Waals surface area (Å²) in [6.07, 6.45) is 2.81. The van der Waals surface area contributed by atoms with Gasteiger partial charge in [-0.2, -0.15) is 0 Å². The van der Waals surface area contributed by atoms with Crippen molar-refractivity contribution in [3.63, 3.8) is 0 Å². The Balaban J connectivity index is 3.00. The quantitative estimate of drug-likeness (QED) is 0.742. The third-order valence-corrected chi connectivity index (χ3v) is 3.73. The highest BCUT2D eigenvalue weighted by molar-refractivity contribution is 5.83. The lowest BCUT2D eigenvalue weighted by molar-refractivity contribution is -0.150. The van der Waals surface area contributed by atoms with Gasteiger partial charge in [0.2, 0.25) is 0 Å². The van der Waals surface area contributed by atoms with Crippen molar-refractivity contribution in [1.29, 1.82) is 0 Å². The van der Waals surface area contributed by atoms with E-state index in [1.165, 1.54) is 0 Å². The zero-order chi connectivity index (χ0) is 15.0. The molecular weight excluding hydrogens is 250 g/mol. The van der Waals surface area contributed by atoms with Crippen LogP contribution >= 0.6 is 0 Å². The molecule has 1 unspecified atom stereocenters. The van der Waals surface area contributed by atoms with Crippen molar-refractivity contribution in [2.45, 2.75) is 45.4 Å². The zero-order valence-electron chi connectivity index (χ0n) is 12.9. The Labute approximate surface area is 122 Å². The molecule has 0 radical (unpaired) electrons. The lowest BCUT2D eigenvalue weighted by atomic mass is 9.76. The topological polar surface area (TPSA) is 52.3 Å². The first kappa shape index (κ1) is 16.7. The number of hydrogen-bond donors (Lipinski definition) is 1. The molecule has 2 N–H and O–H groups in total. The fourth-order valence-electron chi connectivity index (χ4n) is 2.51. The first-order chi connectivity index (χ1) is 9.56. The Bertz CT molecular complexity index is 403. The van der Waals surface area contributed by atoms with Crippen LogP contribution in [0.4, 0.5) is 0 Å². The van der Waals surface area contributed by atoms with Crippen LogP contribution in [-0.4, -0.2) is 19.1 Å². The van der Waals surface area contributed by atoms with Crippen molar-refractivity contribution in [1.82, 2.24) is 0 Å². The predicted octanol–water partition coefficient (Wildman–Crippen LogP) is 3.27. The monoisotopic (exact) mass is 277 g/mol. The molecule has 20 heavy (non-hydrogen) atoms. The van der Waals surface area contributed by atoms with Crippen LogP contribution in [0.1, 0.15) is 45.6 Å². The second-order valence-electron chi connectivity index (χ2n) is 5.66. The lowest BCUT2D eigenvalue weighted by Gasteiger charge is -2.31. The Morgan fingerprint density at radius 2 is 1.95 bits per heavy atom. The summed E-state index contributed by atoms with van der Waals surface area (Å²) in [5.41, 5.74) is 6.25. The van der Waals surface area contributed by atoms with E-state index in [2.05, 4.69) is 13.8 Å². The molecule has 1 aromatic rings. The summed E-state index contributed by atoms with van der Waals surface area (Å²) in [5, 5.41) is 0. The van der Waals surface area contributed by atoms with Gasteiger partial charge in [0.1, 0.15) is 5.41 Å². The molecule has 3 heteroatoms. The van der Waals surface area contributed by atoms with Gasteiger partial charge >= 0.3 is 5.97 Å². The van der Waals surface area contributed by atoms with Crippen LogP contribution in [0.5, 0.6) is 0 Å². The van der Waals surface area contributed by atoms with E-state index >= 15 is 0 Å². The molecule has 0 heterocycles. The number of rotatable bonds is 8. The number of nitrogens with two attached hydrogens (primary N) is 1. The Morgan fingerprint density at radius 1 is 1.30 bits per heavy atom. The van der Waals surface area contributed by atoms with Crippen molar-refractivity contribution < 1.29 is 9.53 Å². The molecule has 0 aliphatic heterocycles. The molecule has 1 aromatic carbocycles. The maximum Gasteiger partial charge on any atom is 0.317 e. The van der Waals surface area contributed by atoms with Gasteiger partial charge in [-0.15, -0.1) is 0 Å². The molecule has 0 aromatic heterocycles. The highest BCUT2D eigenvalue weighted by Crippen LogP contribution is 2.31.